The maximum absolute atomic E-state index is 13.9. The third kappa shape index (κ3) is 3.30. The molecule has 1 N–H and O–H groups in total. The summed E-state index contributed by atoms with van der Waals surface area (Å²) in [6, 6.07) is 2.14. The molecular formula is C14H17F4NO. The summed E-state index contributed by atoms with van der Waals surface area (Å²) in [6.45, 7) is 1.12. The van der Waals surface area contributed by atoms with Gasteiger partial charge in [0.05, 0.1) is 5.56 Å². The van der Waals surface area contributed by atoms with E-state index in [1.807, 2.05) is 0 Å². The number of benzene rings is 1. The van der Waals surface area contributed by atoms with E-state index in [-0.39, 0.29) is 11.5 Å². The van der Waals surface area contributed by atoms with Gasteiger partial charge >= 0.3 is 6.18 Å². The molecule has 20 heavy (non-hydrogen) atoms. The van der Waals surface area contributed by atoms with Crippen LogP contribution in [0.2, 0.25) is 0 Å². The molecule has 1 fully saturated rings. The topological polar surface area (TPSA) is 21.3 Å². The monoisotopic (exact) mass is 291 g/mol. The highest BCUT2D eigenvalue weighted by atomic mass is 19.4. The predicted octanol–water partition coefficient (Wildman–Crippen LogP) is 3.53. The number of halogens is 4. The van der Waals surface area contributed by atoms with E-state index in [1.165, 1.54) is 0 Å². The fraction of sp³-hybridized carbons (Fsp3) is 0.571. The SMILES string of the molecule is CNC(c1cc(C(F)(F)F)ccc1F)C1CCOCC1. The van der Waals surface area contributed by atoms with Crippen molar-refractivity contribution in [1.82, 2.24) is 5.32 Å². The Morgan fingerprint density at radius 3 is 2.45 bits per heavy atom. The van der Waals surface area contributed by atoms with Gasteiger partial charge in [-0.25, -0.2) is 4.39 Å². The number of hydrogen-bond acceptors (Lipinski definition) is 2. The molecule has 0 saturated carbocycles. The second-order valence-electron chi connectivity index (χ2n) is 4.95. The van der Waals surface area contributed by atoms with Crippen molar-refractivity contribution in [3.05, 3.63) is 35.1 Å². The van der Waals surface area contributed by atoms with Gasteiger partial charge < -0.3 is 10.1 Å². The maximum Gasteiger partial charge on any atom is 0.416 e. The van der Waals surface area contributed by atoms with Crippen LogP contribution in [0.1, 0.15) is 30.0 Å². The molecule has 1 unspecified atom stereocenters. The molecule has 0 bridgehead atoms. The molecule has 1 aliphatic heterocycles. The van der Waals surface area contributed by atoms with Crippen LogP contribution in [0.25, 0.3) is 0 Å². The molecule has 0 aliphatic carbocycles. The molecule has 2 nitrogen and oxygen atoms in total. The van der Waals surface area contributed by atoms with E-state index < -0.39 is 23.6 Å². The third-order valence-electron chi connectivity index (χ3n) is 3.71. The molecule has 112 valence electrons. The summed E-state index contributed by atoms with van der Waals surface area (Å²) in [5, 5.41) is 2.94. The molecule has 1 aliphatic rings. The minimum Gasteiger partial charge on any atom is -0.381 e. The predicted molar refractivity (Wildman–Crippen MR) is 66.7 cm³/mol. The van der Waals surface area contributed by atoms with Gasteiger partial charge in [-0.2, -0.15) is 13.2 Å². The lowest BCUT2D eigenvalue weighted by atomic mass is 9.86. The molecule has 6 heteroatoms. The van der Waals surface area contributed by atoms with Crippen molar-refractivity contribution in [1.29, 1.82) is 0 Å². The van der Waals surface area contributed by atoms with E-state index in [4.69, 9.17) is 4.74 Å². The molecule has 0 aromatic heterocycles. The van der Waals surface area contributed by atoms with E-state index in [1.54, 1.807) is 7.05 Å². The molecular weight excluding hydrogens is 274 g/mol. The van der Waals surface area contributed by atoms with Crippen LogP contribution >= 0.6 is 0 Å². The standard InChI is InChI=1S/C14H17F4NO/c1-19-13(9-4-6-20-7-5-9)11-8-10(14(16,17)18)2-3-12(11)15/h2-3,8-9,13,19H,4-7H2,1H3. The fourth-order valence-corrected chi connectivity index (χ4v) is 2.65. The van der Waals surface area contributed by atoms with Gasteiger partial charge in [-0.3, -0.25) is 0 Å². The minimum absolute atomic E-state index is 0.0757. The molecule has 2 rings (SSSR count). The summed E-state index contributed by atoms with van der Waals surface area (Å²) in [6.07, 6.45) is -3.04. The van der Waals surface area contributed by atoms with E-state index >= 15 is 0 Å². The van der Waals surface area contributed by atoms with Crippen molar-refractivity contribution in [3.63, 3.8) is 0 Å². The highest BCUT2D eigenvalue weighted by Gasteiger charge is 2.33. The number of alkyl halides is 3. The van der Waals surface area contributed by atoms with E-state index in [2.05, 4.69) is 5.32 Å². The van der Waals surface area contributed by atoms with Crippen LogP contribution in [0.15, 0.2) is 18.2 Å². The Morgan fingerprint density at radius 1 is 1.25 bits per heavy atom. The van der Waals surface area contributed by atoms with E-state index in [0.29, 0.717) is 26.1 Å². The van der Waals surface area contributed by atoms with Crippen LogP contribution < -0.4 is 5.32 Å². The zero-order chi connectivity index (χ0) is 14.8. The lowest BCUT2D eigenvalue weighted by Crippen LogP contribution is -2.31. The zero-order valence-electron chi connectivity index (χ0n) is 11.1. The highest BCUT2D eigenvalue weighted by Crippen LogP contribution is 2.35. The van der Waals surface area contributed by atoms with Gasteiger partial charge in [-0.1, -0.05) is 0 Å². The first-order chi connectivity index (χ1) is 9.43. The lowest BCUT2D eigenvalue weighted by molar-refractivity contribution is -0.137. The van der Waals surface area contributed by atoms with Crippen molar-refractivity contribution in [2.45, 2.75) is 25.1 Å². The maximum atomic E-state index is 13.9. The van der Waals surface area contributed by atoms with Gasteiger partial charge in [0, 0.05) is 24.8 Å². The minimum atomic E-state index is -4.46. The normalized spacial score (nSPS) is 19.1. The van der Waals surface area contributed by atoms with Gasteiger partial charge in [-0.05, 0) is 44.0 Å². The largest absolute Gasteiger partial charge is 0.416 e. The Bertz CT molecular complexity index is 455. The third-order valence-corrected chi connectivity index (χ3v) is 3.71. The molecule has 1 heterocycles. The molecule has 1 saturated heterocycles. The Hall–Kier alpha value is -1.14. The average molecular weight is 291 g/mol. The van der Waals surface area contributed by atoms with Crippen molar-refractivity contribution in [3.8, 4) is 0 Å². The van der Waals surface area contributed by atoms with Gasteiger partial charge in [0.15, 0.2) is 0 Å². The van der Waals surface area contributed by atoms with Crippen molar-refractivity contribution < 1.29 is 22.3 Å². The van der Waals surface area contributed by atoms with Crippen molar-refractivity contribution in [2.24, 2.45) is 5.92 Å². The van der Waals surface area contributed by atoms with Gasteiger partial charge in [-0.15, -0.1) is 0 Å². The summed E-state index contributed by atoms with van der Waals surface area (Å²) in [5.74, 6) is -0.532. The molecule has 1 aromatic rings. The van der Waals surface area contributed by atoms with Gasteiger partial charge in [0.1, 0.15) is 5.82 Å². The molecule has 0 spiro atoms. The van der Waals surface area contributed by atoms with Gasteiger partial charge in [0.2, 0.25) is 0 Å². The summed E-state index contributed by atoms with van der Waals surface area (Å²) in [4.78, 5) is 0. The molecule has 1 aromatic carbocycles. The van der Waals surface area contributed by atoms with Crippen LogP contribution in [0, 0.1) is 11.7 Å². The van der Waals surface area contributed by atoms with Crippen molar-refractivity contribution >= 4 is 0 Å². The second kappa shape index (κ2) is 6.10. The van der Waals surface area contributed by atoms with Crippen LogP contribution in [-0.2, 0) is 10.9 Å². The summed E-state index contributed by atoms with van der Waals surface area (Å²) < 4.78 is 57.4. The highest BCUT2D eigenvalue weighted by molar-refractivity contribution is 5.30. The first-order valence-electron chi connectivity index (χ1n) is 6.55. The summed E-state index contributed by atoms with van der Waals surface area (Å²) >= 11 is 0. The summed E-state index contributed by atoms with van der Waals surface area (Å²) in [7, 11) is 1.64. The molecule has 1 atom stereocenters. The molecule has 0 radical (unpaired) electrons. The number of rotatable bonds is 3. The smallest absolute Gasteiger partial charge is 0.381 e. The first-order valence-corrected chi connectivity index (χ1v) is 6.55. The summed E-state index contributed by atoms with van der Waals surface area (Å²) in [5.41, 5.74) is -0.740. The van der Waals surface area contributed by atoms with Crippen LogP contribution in [0.3, 0.4) is 0 Å². The van der Waals surface area contributed by atoms with Crippen LogP contribution in [0.5, 0.6) is 0 Å². The van der Waals surface area contributed by atoms with Crippen molar-refractivity contribution in [2.75, 3.05) is 20.3 Å². The Kier molecular flexibility index (Phi) is 4.65. The van der Waals surface area contributed by atoms with Gasteiger partial charge in [0.25, 0.3) is 0 Å². The van der Waals surface area contributed by atoms with E-state index in [9.17, 15) is 17.6 Å². The Morgan fingerprint density at radius 2 is 1.90 bits per heavy atom. The lowest BCUT2D eigenvalue weighted by Gasteiger charge is -2.31. The Balaban J connectivity index is 2.32. The fourth-order valence-electron chi connectivity index (χ4n) is 2.65. The Labute approximate surface area is 115 Å². The second-order valence-corrected chi connectivity index (χ2v) is 4.95. The van der Waals surface area contributed by atoms with Crippen LogP contribution in [-0.4, -0.2) is 20.3 Å². The van der Waals surface area contributed by atoms with Crippen LogP contribution in [0.4, 0.5) is 17.6 Å². The zero-order valence-corrected chi connectivity index (χ0v) is 11.1. The first kappa shape index (κ1) is 15.3. The number of hydrogen-bond donors (Lipinski definition) is 1. The molecule has 0 amide bonds. The quantitative estimate of drug-likeness (QED) is 0.860. The number of nitrogens with one attached hydrogen (secondary N) is 1. The number of ether oxygens (including phenoxy) is 1. The average Bonchev–Trinajstić information content (AvgIpc) is 2.41. The van der Waals surface area contributed by atoms with E-state index in [0.717, 1.165) is 18.2 Å².